The first-order chi connectivity index (χ1) is 9.58. The van der Waals surface area contributed by atoms with Crippen molar-refractivity contribution in [2.45, 2.75) is 19.4 Å². The first kappa shape index (κ1) is 17.5. The van der Waals surface area contributed by atoms with Crippen LogP contribution in [0.15, 0.2) is 24.3 Å². The van der Waals surface area contributed by atoms with Crippen molar-refractivity contribution < 1.29 is 14.3 Å². The molecule has 0 radical (unpaired) electrons. The van der Waals surface area contributed by atoms with E-state index in [1.165, 1.54) is 6.92 Å². The summed E-state index contributed by atoms with van der Waals surface area (Å²) in [6, 6.07) is 7.13. The van der Waals surface area contributed by atoms with Crippen molar-refractivity contribution in [2.75, 3.05) is 26.7 Å². The largest absolute Gasteiger partial charge is 0.484 e. The lowest BCUT2D eigenvalue weighted by Gasteiger charge is -2.23. The number of likely N-dealkylation sites (N-methyl/N-ethyl adjacent to an activating group) is 1. The van der Waals surface area contributed by atoms with Crippen molar-refractivity contribution in [1.29, 1.82) is 0 Å². The molecule has 1 fully saturated rings. The molecule has 1 amide bonds. The fraction of sp³-hybridized carbons (Fsp3) is 0.467. The molecular weight excluding hydrogens is 292 g/mol. The molecule has 1 heterocycles. The van der Waals surface area contributed by atoms with E-state index >= 15 is 0 Å². The Labute approximate surface area is 131 Å². The molecule has 5 nitrogen and oxygen atoms in total. The van der Waals surface area contributed by atoms with Gasteiger partial charge < -0.3 is 15.0 Å². The van der Waals surface area contributed by atoms with Crippen LogP contribution in [0.3, 0.4) is 0 Å². The summed E-state index contributed by atoms with van der Waals surface area (Å²) in [4.78, 5) is 25.0. The standard InChI is InChI=1S/C15H20N2O3.ClH/c1-11(18)12-4-3-5-14(8-12)20-10-15(19)17(2)13-6-7-16-9-13;/h3-5,8,13,16H,6-7,9-10H2,1-2H3;1H. The fourth-order valence-corrected chi connectivity index (χ4v) is 2.23. The number of hydrogen-bond donors (Lipinski definition) is 1. The van der Waals surface area contributed by atoms with E-state index in [4.69, 9.17) is 4.74 Å². The van der Waals surface area contributed by atoms with E-state index in [0.29, 0.717) is 11.3 Å². The lowest BCUT2D eigenvalue weighted by molar-refractivity contribution is -0.133. The number of hydrogen-bond acceptors (Lipinski definition) is 4. The Balaban J connectivity index is 0.00000220. The summed E-state index contributed by atoms with van der Waals surface area (Å²) in [5.41, 5.74) is 0.586. The number of nitrogens with zero attached hydrogens (tertiary/aromatic N) is 1. The molecular formula is C15H21ClN2O3. The molecule has 1 saturated heterocycles. The second kappa shape index (κ2) is 8.00. The molecule has 116 valence electrons. The van der Waals surface area contributed by atoms with Gasteiger partial charge in [-0.3, -0.25) is 9.59 Å². The zero-order valence-corrected chi connectivity index (χ0v) is 13.1. The van der Waals surface area contributed by atoms with Crippen molar-refractivity contribution in [3.63, 3.8) is 0 Å². The van der Waals surface area contributed by atoms with E-state index in [9.17, 15) is 9.59 Å². The number of rotatable bonds is 5. The van der Waals surface area contributed by atoms with Gasteiger partial charge in [0.15, 0.2) is 12.4 Å². The summed E-state index contributed by atoms with van der Waals surface area (Å²) in [5.74, 6) is 0.479. The first-order valence-electron chi connectivity index (χ1n) is 6.78. The van der Waals surface area contributed by atoms with Gasteiger partial charge in [-0.15, -0.1) is 12.4 Å². The summed E-state index contributed by atoms with van der Waals surface area (Å²) >= 11 is 0. The Hall–Kier alpha value is -1.59. The van der Waals surface area contributed by atoms with E-state index in [-0.39, 0.29) is 36.7 Å². The smallest absolute Gasteiger partial charge is 0.260 e. The second-order valence-electron chi connectivity index (χ2n) is 5.02. The van der Waals surface area contributed by atoms with Gasteiger partial charge in [0.05, 0.1) is 0 Å². The van der Waals surface area contributed by atoms with Crippen LogP contribution in [0, 0.1) is 0 Å². The van der Waals surface area contributed by atoms with Gasteiger partial charge in [-0.2, -0.15) is 0 Å². The maximum Gasteiger partial charge on any atom is 0.260 e. The van der Waals surface area contributed by atoms with Crippen molar-refractivity contribution in [3.8, 4) is 5.75 Å². The number of nitrogens with one attached hydrogen (secondary N) is 1. The highest BCUT2D eigenvalue weighted by Gasteiger charge is 2.23. The molecule has 1 aliphatic rings. The summed E-state index contributed by atoms with van der Waals surface area (Å²) in [7, 11) is 1.80. The third-order valence-electron chi connectivity index (χ3n) is 3.58. The minimum atomic E-state index is -0.0491. The molecule has 6 heteroatoms. The molecule has 0 aromatic heterocycles. The van der Waals surface area contributed by atoms with Crippen LogP contribution in [0.5, 0.6) is 5.75 Å². The number of carbonyl (C=O) groups is 2. The van der Waals surface area contributed by atoms with Crippen LogP contribution in [0.25, 0.3) is 0 Å². The van der Waals surface area contributed by atoms with Gasteiger partial charge in [0.25, 0.3) is 5.91 Å². The topological polar surface area (TPSA) is 58.6 Å². The van der Waals surface area contributed by atoms with Gasteiger partial charge >= 0.3 is 0 Å². The third kappa shape index (κ3) is 4.72. The van der Waals surface area contributed by atoms with E-state index in [0.717, 1.165) is 19.5 Å². The van der Waals surface area contributed by atoms with Gasteiger partial charge in [-0.1, -0.05) is 12.1 Å². The minimum absolute atomic E-state index is 0. The minimum Gasteiger partial charge on any atom is -0.484 e. The number of ketones is 1. The number of halogens is 1. The van der Waals surface area contributed by atoms with E-state index in [1.807, 2.05) is 0 Å². The quantitative estimate of drug-likeness (QED) is 0.837. The van der Waals surface area contributed by atoms with Crippen molar-refractivity contribution in [1.82, 2.24) is 10.2 Å². The molecule has 1 aromatic rings. The van der Waals surface area contributed by atoms with Crippen LogP contribution in [0.2, 0.25) is 0 Å². The zero-order chi connectivity index (χ0) is 14.5. The first-order valence-corrected chi connectivity index (χ1v) is 6.78. The molecule has 1 unspecified atom stereocenters. The lowest BCUT2D eigenvalue weighted by Crippen LogP contribution is -2.40. The summed E-state index contributed by atoms with van der Waals surface area (Å²) in [5, 5.41) is 3.23. The molecule has 2 rings (SSSR count). The van der Waals surface area contributed by atoms with E-state index in [2.05, 4.69) is 5.32 Å². The monoisotopic (exact) mass is 312 g/mol. The molecule has 0 saturated carbocycles. The highest BCUT2D eigenvalue weighted by atomic mass is 35.5. The predicted octanol–water partition coefficient (Wildman–Crippen LogP) is 1.51. The van der Waals surface area contributed by atoms with E-state index in [1.54, 1.807) is 36.2 Å². The lowest BCUT2D eigenvalue weighted by atomic mass is 10.1. The number of amides is 1. The number of Topliss-reactive ketones (excluding diaryl/α,β-unsaturated/α-hetero) is 1. The van der Waals surface area contributed by atoms with Gasteiger partial charge in [0.1, 0.15) is 5.75 Å². The van der Waals surface area contributed by atoms with Gasteiger partial charge in [0, 0.05) is 25.2 Å². The Morgan fingerprint density at radius 2 is 2.19 bits per heavy atom. The van der Waals surface area contributed by atoms with Crippen LogP contribution in [-0.2, 0) is 4.79 Å². The van der Waals surface area contributed by atoms with Crippen LogP contribution in [0.1, 0.15) is 23.7 Å². The van der Waals surface area contributed by atoms with Gasteiger partial charge in [0.2, 0.25) is 0 Å². The number of carbonyl (C=O) groups excluding carboxylic acids is 2. The molecule has 1 atom stereocenters. The maximum absolute atomic E-state index is 12.0. The Morgan fingerprint density at radius 1 is 1.43 bits per heavy atom. The van der Waals surface area contributed by atoms with Gasteiger partial charge in [-0.25, -0.2) is 0 Å². The molecule has 0 aliphatic carbocycles. The second-order valence-corrected chi connectivity index (χ2v) is 5.02. The van der Waals surface area contributed by atoms with Crippen molar-refractivity contribution >= 4 is 24.1 Å². The van der Waals surface area contributed by atoms with Crippen molar-refractivity contribution in [3.05, 3.63) is 29.8 Å². The molecule has 1 N–H and O–H groups in total. The fourth-order valence-electron chi connectivity index (χ4n) is 2.23. The number of benzene rings is 1. The SMILES string of the molecule is CC(=O)c1cccc(OCC(=O)N(C)C2CCNC2)c1.Cl. The third-order valence-corrected chi connectivity index (χ3v) is 3.58. The molecule has 21 heavy (non-hydrogen) atoms. The molecule has 1 aliphatic heterocycles. The van der Waals surface area contributed by atoms with Crippen molar-refractivity contribution in [2.24, 2.45) is 0 Å². The predicted molar refractivity (Wildman–Crippen MR) is 83.2 cm³/mol. The maximum atomic E-state index is 12.0. The average molecular weight is 313 g/mol. The zero-order valence-electron chi connectivity index (χ0n) is 12.3. The highest BCUT2D eigenvalue weighted by molar-refractivity contribution is 5.94. The van der Waals surface area contributed by atoms with Crippen LogP contribution >= 0.6 is 12.4 Å². The number of ether oxygens (including phenoxy) is 1. The van der Waals surface area contributed by atoms with Crippen LogP contribution in [0.4, 0.5) is 0 Å². The molecule has 0 spiro atoms. The molecule has 1 aromatic carbocycles. The summed E-state index contributed by atoms with van der Waals surface area (Å²) in [6.45, 7) is 3.28. The Morgan fingerprint density at radius 3 is 2.81 bits per heavy atom. The highest BCUT2D eigenvalue weighted by Crippen LogP contribution is 2.14. The Bertz CT molecular complexity index is 501. The molecule has 0 bridgehead atoms. The average Bonchev–Trinajstić information content (AvgIpc) is 2.98. The van der Waals surface area contributed by atoms with Crippen LogP contribution in [-0.4, -0.2) is 49.4 Å². The summed E-state index contributed by atoms with van der Waals surface area (Å²) < 4.78 is 5.48. The van der Waals surface area contributed by atoms with E-state index < -0.39 is 0 Å². The summed E-state index contributed by atoms with van der Waals surface area (Å²) in [6.07, 6.45) is 0.974. The Kier molecular flexibility index (Phi) is 6.65. The van der Waals surface area contributed by atoms with Gasteiger partial charge in [-0.05, 0) is 32.0 Å². The normalized spacial score (nSPS) is 17.0. The van der Waals surface area contributed by atoms with Crippen LogP contribution < -0.4 is 10.1 Å².